The standard InChI is InChI=1S/C9H11F3N4/c1-14-8(16-13)15-7-4-2-3-6(5-7)9(10,11)12/h2-5H,13H2,1H3,(H2,14,15,16). The van der Waals surface area contributed by atoms with Gasteiger partial charge < -0.3 is 5.32 Å². The predicted octanol–water partition coefficient (Wildman–Crippen LogP) is 1.57. The van der Waals surface area contributed by atoms with Gasteiger partial charge in [0.2, 0.25) is 5.96 Å². The molecule has 0 aliphatic carbocycles. The molecule has 0 saturated carbocycles. The van der Waals surface area contributed by atoms with Crippen LogP contribution in [0.2, 0.25) is 0 Å². The van der Waals surface area contributed by atoms with Crippen molar-refractivity contribution >= 4 is 11.6 Å². The van der Waals surface area contributed by atoms with Crippen LogP contribution in [-0.2, 0) is 6.18 Å². The summed E-state index contributed by atoms with van der Waals surface area (Å²) in [4.78, 5) is 3.68. The van der Waals surface area contributed by atoms with Gasteiger partial charge in [-0.05, 0) is 18.2 Å². The topological polar surface area (TPSA) is 62.4 Å². The molecule has 1 aromatic rings. The average molecular weight is 232 g/mol. The summed E-state index contributed by atoms with van der Waals surface area (Å²) in [7, 11) is 1.45. The Morgan fingerprint density at radius 3 is 2.56 bits per heavy atom. The summed E-state index contributed by atoms with van der Waals surface area (Å²) >= 11 is 0. The van der Waals surface area contributed by atoms with Gasteiger partial charge in [-0.3, -0.25) is 10.4 Å². The minimum Gasteiger partial charge on any atom is -0.325 e. The van der Waals surface area contributed by atoms with Gasteiger partial charge in [0.05, 0.1) is 5.56 Å². The van der Waals surface area contributed by atoms with Gasteiger partial charge in [0.1, 0.15) is 0 Å². The zero-order valence-electron chi connectivity index (χ0n) is 8.47. The van der Waals surface area contributed by atoms with E-state index >= 15 is 0 Å². The van der Waals surface area contributed by atoms with Crippen molar-refractivity contribution in [1.82, 2.24) is 5.43 Å². The molecule has 0 radical (unpaired) electrons. The highest BCUT2D eigenvalue weighted by Gasteiger charge is 2.30. The molecule has 0 aromatic heterocycles. The molecule has 0 fully saturated rings. The number of hydrogen-bond donors (Lipinski definition) is 3. The molecule has 88 valence electrons. The number of anilines is 1. The van der Waals surface area contributed by atoms with Crippen LogP contribution >= 0.6 is 0 Å². The third-order valence-corrected chi connectivity index (χ3v) is 1.81. The van der Waals surface area contributed by atoms with E-state index in [0.717, 1.165) is 12.1 Å². The molecule has 0 heterocycles. The molecule has 1 aromatic carbocycles. The molecule has 4 nitrogen and oxygen atoms in total. The Balaban J connectivity index is 2.91. The second-order valence-corrected chi connectivity index (χ2v) is 2.92. The molecule has 0 amide bonds. The zero-order chi connectivity index (χ0) is 12.2. The summed E-state index contributed by atoms with van der Waals surface area (Å²) in [6, 6.07) is 4.75. The van der Waals surface area contributed by atoms with E-state index in [1.165, 1.54) is 19.2 Å². The maximum Gasteiger partial charge on any atom is 0.416 e. The van der Waals surface area contributed by atoms with E-state index in [9.17, 15) is 13.2 Å². The van der Waals surface area contributed by atoms with Crippen LogP contribution in [0.5, 0.6) is 0 Å². The third-order valence-electron chi connectivity index (χ3n) is 1.81. The molecule has 0 saturated heterocycles. The second-order valence-electron chi connectivity index (χ2n) is 2.92. The Labute approximate surface area is 90.3 Å². The van der Waals surface area contributed by atoms with Crippen molar-refractivity contribution in [3.05, 3.63) is 29.8 Å². The predicted molar refractivity (Wildman–Crippen MR) is 55.7 cm³/mol. The molecular weight excluding hydrogens is 221 g/mol. The summed E-state index contributed by atoms with van der Waals surface area (Å²) in [5.74, 6) is 5.27. The Bertz CT molecular complexity index is 387. The van der Waals surface area contributed by atoms with Crippen LogP contribution in [0.4, 0.5) is 18.9 Å². The van der Waals surface area contributed by atoms with Crippen molar-refractivity contribution < 1.29 is 13.2 Å². The molecule has 4 N–H and O–H groups in total. The molecule has 7 heteroatoms. The Morgan fingerprint density at radius 2 is 2.06 bits per heavy atom. The summed E-state index contributed by atoms with van der Waals surface area (Å²) in [5.41, 5.74) is 1.74. The second kappa shape index (κ2) is 4.84. The van der Waals surface area contributed by atoms with E-state index in [1.807, 2.05) is 0 Å². The lowest BCUT2D eigenvalue weighted by atomic mass is 10.2. The summed E-state index contributed by atoms with van der Waals surface area (Å²) in [6.07, 6.45) is -4.36. The van der Waals surface area contributed by atoms with Crippen LogP contribution in [0.15, 0.2) is 29.3 Å². The molecule has 0 aliphatic heterocycles. The Morgan fingerprint density at radius 1 is 1.38 bits per heavy atom. The summed E-state index contributed by atoms with van der Waals surface area (Å²) in [5, 5.41) is 2.60. The monoisotopic (exact) mass is 232 g/mol. The van der Waals surface area contributed by atoms with Crippen LogP contribution in [0.25, 0.3) is 0 Å². The number of guanidine groups is 1. The highest BCUT2D eigenvalue weighted by molar-refractivity contribution is 5.93. The number of hydrazine groups is 1. The molecular formula is C9H11F3N4. The Hall–Kier alpha value is -1.76. The van der Waals surface area contributed by atoms with Crippen LogP contribution in [0.1, 0.15) is 5.56 Å². The molecule has 0 unspecified atom stereocenters. The molecule has 16 heavy (non-hydrogen) atoms. The largest absolute Gasteiger partial charge is 0.416 e. The van der Waals surface area contributed by atoms with Crippen molar-refractivity contribution in [2.24, 2.45) is 10.8 Å². The van der Waals surface area contributed by atoms with E-state index in [-0.39, 0.29) is 11.6 Å². The van der Waals surface area contributed by atoms with Crippen molar-refractivity contribution in [3.8, 4) is 0 Å². The third kappa shape index (κ3) is 3.13. The van der Waals surface area contributed by atoms with E-state index in [1.54, 1.807) is 0 Å². The average Bonchev–Trinajstić information content (AvgIpc) is 2.25. The minimum absolute atomic E-state index is 0.180. The number of rotatable bonds is 1. The number of halogens is 3. The summed E-state index contributed by atoms with van der Waals surface area (Å²) in [6.45, 7) is 0. The number of nitrogens with zero attached hydrogens (tertiary/aromatic N) is 1. The number of benzene rings is 1. The van der Waals surface area contributed by atoms with Gasteiger partial charge in [-0.25, -0.2) is 5.84 Å². The fourth-order valence-electron chi connectivity index (χ4n) is 1.07. The van der Waals surface area contributed by atoms with Gasteiger partial charge in [-0.1, -0.05) is 6.07 Å². The number of nitrogens with two attached hydrogens (primary N) is 1. The molecule has 0 atom stereocenters. The number of nitrogens with one attached hydrogen (secondary N) is 2. The van der Waals surface area contributed by atoms with Crippen LogP contribution in [0, 0.1) is 0 Å². The van der Waals surface area contributed by atoms with Crippen LogP contribution in [0.3, 0.4) is 0 Å². The van der Waals surface area contributed by atoms with Crippen LogP contribution in [-0.4, -0.2) is 13.0 Å². The Kier molecular flexibility index (Phi) is 3.73. The first kappa shape index (κ1) is 12.3. The maximum atomic E-state index is 12.4. The van der Waals surface area contributed by atoms with Gasteiger partial charge >= 0.3 is 6.18 Å². The highest BCUT2D eigenvalue weighted by Crippen LogP contribution is 2.30. The van der Waals surface area contributed by atoms with Crippen LogP contribution < -0.4 is 16.6 Å². The lowest BCUT2D eigenvalue weighted by Gasteiger charge is -2.11. The lowest BCUT2D eigenvalue weighted by molar-refractivity contribution is -0.137. The van der Waals surface area contributed by atoms with Gasteiger partial charge in [-0.15, -0.1) is 0 Å². The fourth-order valence-corrected chi connectivity index (χ4v) is 1.07. The number of alkyl halides is 3. The van der Waals surface area contributed by atoms with Crippen molar-refractivity contribution in [2.45, 2.75) is 6.18 Å². The zero-order valence-corrected chi connectivity index (χ0v) is 8.47. The molecule has 1 rings (SSSR count). The lowest BCUT2D eigenvalue weighted by Crippen LogP contribution is -2.36. The first-order valence-corrected chi connectivity index (χ1v) is 4.35. The fraction of sp³-hybridized carbons (Fsp3) is 0.222. The van der Waals surface area contributed by atoms with E-state index in [2.05, 4.69) is 15.7 Å². The van der Waals surface area contributed by atoms with E-state index < -0.39 is 11.7 Å². The van der Waals surface area contributed by atoms with Crippen molar-refractivity contribution in [3.63, 3.8) is 0 Å². The van der Waals surface area contributed by atoms with E-state index in [0.29, 0.717) is 0 Å². The maximum absolute atomic E-state index is 12.4. The van der Waals surface area contributed by atoms with Crippen molar-refractivity contribution in [1.29, 1.82) is 0 Å². The van der Waals surface area contributed by atoms with Gasteiger partial charge in [0.25, 0.3) is 0 Å². The normalized spacial score (nSPS) is 12.4. The minimum atomic E-state index is -4.36. The smallest absolute Gasteiger partial charge is 0.325 e. The van der Waals surface area contributed by atoms with Gasteiger partial charge in [0.15, 0.2) is 0 Å². The number of aliphatic imine (C=N–C) groups is 1. The first-order valence-electron chi connectivity index (χ1n) is 4.35. The SMILES string of the molecule is CN=C(NN)Nc1cccc(C(F)(F)F)c1. The summed E-state index contributed by atoms with van der Waals surface area (Å²) < 4.78 is 37.1. The van der Waals surface area contributed by atoms with E-state index in [4.69, 9.17) is 5.84 Å². The molecule has 0 spiro atoms. The molecule has 0 bridgehead atoms. The van der Waals surface area contributed by atoms with Gasteiger partial charge in [-0.2, -0.15) is 13.2 Å². The highest BCUT2D eigenvalue weighted by atomic mass is 19.4. The quantitative estimate of drug-likeness (QED) is 0.298. The molecule has 0 aliphatic rings. The van der Waals surface area contributed by atoms with Crippen molar-refractivity contribution in [2.75, 3.05) is 12.4 Å². The van der Waals surface area contributed by atoms with Gasteiger partial charge in [0, 0.05) is 12.7 Å². The number of hydrogen-bond acceptors (Lipinski definition) is 2. The first-order chi connectivity index (χ1) is 7.47.